The first-order chi connectivity index (χ1) is 14.0. The van der Waals surface area contributed by atoms with Crippen molar-refractivity contribution in [2.24, 2.45) is 7.05 Å². The summed E-state index contributed by atoms with van der Waals surface area (Å²) in [7, 11) is 2.92. The summed E-state index contributed by atoms with van der Waals surface area (Å²) in [5, 5.41) is 4.78. The van der Waals surface area contributed by atoms with Gasteiger partial charge in [0.25, 0.3) is 5.56 Å². The highest BCUT2D eigenvalue weighted by Crippen LogP contribution is 2.23. The monoisotopic (exact) mass is 390 g/mol. The number of carbonyl (C=O) groups is 1. The van der Waals surface area contributed by atoms with E-state index < -0.39 is 23.7 Å². The molecule has 8 nitrogen and oxygen atoms in total. The lowest BCUT2D eigenvalue weighted by atomic mass is 10.1. The van der Waals surface area contributed by atoms with Gasteiger partial charge in [0.2, 0.25) is 5.91 Å². The minimum Gasteiger partial charge on any atom is -0.496 e. The van der Waals surface area contributed by atoms with Crippen LogP contribution in [-0.2, 0) is 18.4 Å². The number of rotatable bonds is 4. The Morgan fingerprint density at radius 2 is 1.86 bits per heavy atom. The number of pyridine rings is 1. The van der Waals surface area contributed by atoms with Crippen LogP contribution in [0.2, 0.25) is 0 Å². The van der Waals surface area contributed by atoms with Crippen LogP contribution < -0.4 is 21.3 Å². The third-order valence-electron chi connectivity index (χ3n) is 4.77. The standard InChI is InChI=1S/C21H18N4O4/c1-24-19-18(16(29-2)10-11-22-19)20(27)25(21(24)28)12-17(26)23-15-9-5-7-13-6-3-4-8-14(13)15/h3-11H,12H2,1-2H3,(H,23,26). The number of aryl methyl sites for hydroxylation is 1. The van der Waals surface area contributed by atoms with Crippen molar-refractivity contribution in [1.82, 2.24) is 14.1 Å². The van der Waals surface area contributed by atoms with Crippen LogP contribution in [0.1, 0.15) is 0 Å². The molecule has 0 radical (unpaired) electrons. The van der Waals surface area contributed by atoms with E-state index in [0.717, 1.165) is 15.3 Å². The normalized spacial score (nSPS) is 11.0. The maximum Gasteiger partial charge on any atom is 0.332 e. The van der Waals surface area contributed by atoms with E-state index in [1.165, 1.54) is 31.0 Å². The number of methoxy groups -OCH3 is 1. The van der Waals surface area contributed by atoms with Crippen molar-refractivity contribution < 1.29 is 9.53 Å². The molecule has 2 aromatic carbocycles. The van der Waals surface area contributed by atoms with Crippen molar-refractivity contribution in [2.45, 2.75) is 6.54 Å². The molecule has 146 valence electrons. The highest BCUT2D eigenvalue weighted by atomic mass is 16.5. The van der Waals surface area contributed by atoms with Crippen molar-refractivity contribution in [3.8, 4) is 5.75 Å². The lowest BCUT2D eigenvalue weighted by molar-refractivity contribution is -0.116. The molecule has 0 aliphatic carbocycles. The molecule has 0 spiro atoms. The zero-order valence-corrected chi connectivity index (χ0v) is 15.9. The molecule has 0 unspecified atom stereocenters. The molecule has 1 N–H and O–H groups in total. The number of amides is 1. The van der Waals surface area contributed by atoms with Crippen LogP contribution in [0.25, 0.3) is 21.8 Å². The van der Waals surface area contributed by atoms with Crippen molar-refractivity contribution in [3.63, 3.8) is 0 Å². The average Bonchev–Trinajstić information content (AvgIpc) is 2.75. The number of anilines is 1. The van der Waals surface area contributed by atoms with Gasteiger partial charge in [0.05, 0.1) is 7.11 Å². The molecule has 0 bridgehead atoms. The van der Waals surface area contributed by atoms with Crippen molar-refractivity contribution >= 4 is 33.4 Å². The number of hydrogen-bond donors (Lipinski definition) is 1. The molecule has 0 saturated carbocycles. The molecule has 4 aromatic rings. The van der Waals surface area contributed by atoms with Crippen LogP contribution in [-0.4, -0.2) is 27.1 Å². The summed E-state index contributed by atoms with van der Waals surface area (Å²) in [6.45, 7) is -0.428. The Labute approximate surface area is 165 Å². The summed E-state index contributed by atoms with van der Waals surface area (Å²) in [6.07, 6.45) is 1.46. The van der Waals surface area contributed by atoms with E-state index in [1.807, 2.05) is 36.4 Å². The van der Waals surface area contributed by atoms with Crippen molar-refractivity contribution in [1.29, 1.82) is 0 Å². The smallest absolute Gasteiger partial charge is 0.332 e. The van der Waals surface area contributed by atoms with Gasteiger partial charge in [-0.3, -0.25) is 14.2 Å². The number of fused-ring (bicyclic) bond motifs is 2. The molecule has 1 amide bonds. The lowest BCUT2D eigenvalue weighted by Crippen LogP contribution is -2.42. The highest BCUT2D eigenvalue weighted by Gasteiger charge is 2.18. The van der Waals surface area contributed by atoms with Gasteiger partial charge in [0.15, 0.2) is 5.65 Å². The Hall–Kier alpha value is -3.94. The molecule has 0 atom stereocenters. The van der Waals surface area contributed by atoms with E-state index in [4.69, 9.17) is 4.74 Å². The third kappa shape index (κ3) is 3.14. The SMILES string of the molecule is COc1ccnc2c1c(=O)n(CC(=O)Nc1cccc3ccccc13)c(=O)n2C. The van der Waals surface area contributed by atoms with Crippen LogP contribution in [0.5, 0.6) is 5.75 Å². The molecule has 29 heavy (non-hydrogen) atoms. The van der Waals surface area contributed by atoms with Gasteiger partial charge in [-0.1, -0.05) is 36.4 Å². The number of nitrogens with zero attached hydrogens (tertiary/aromatic N) is 3. The molecule has 4 rings (SSSR count). The first-order valence-electron chi connectivity index (χ1n) is 8.91. The number of ether oxygens (including phenoxy) is 1. The number of aromatic nitrogens is 3. The van der Waals surface area contributed by atoms with E-state index in [2.05, 4.69) is 10.3 Å². The molecule has 0 fully saturated rings. The number of nitrogens with one attached hydrogen (secondary N) is 1. The summed E-state index contributed by atoms with van der Waals surface area (Å²) in [5.41, 5.74) is -0.444. The van der Waals surface area contributed by atoms with Crippen molar-refractivity contribution in [2.75, 3.05) is 12.4 Å². The Morgan fingerprint density at radius 3 is 2.66 bits per heavy atom. The van der Waals surface area contributed by atoms with E-state index in [1.54, 1.807) is 6.07 Å². The van der Waals surface area contributed by atoms with Crippen LogP contribution in [0.15, 0.2) is 64.3 Å². The number of hydrogen-bond acceptors (Lipinski definition) is 5. The van der Waals surface area contributed by atoms with Crippen LogP contribution in [0, 0.1) is 0 Å². The first-order valence-corrected chi connectivity index (χ1v) is 8.91. The predicted octanol–water partition coefficient (Wildman–Crippen LogP) is 1.90. The van der Waals surface area contributed by atoms with Crippen LogP contribution in [0.3, 0.4) is 0 Å². The van der Waals surface area contributed by atoms with Gasteiger partial charge in [0.1, 0.15) is 17.7 Å². The van der Waals surface area contributed by atoms with Crippen LogP contribution in [0.4, 0.5) is 5.69 Å². The lowest BCUT2D eigenvalue weighted by Gasteiger charge is -2.13. The zero-order valence-electron chi connectivity index (χ0n) is 15.9. The molecular weight excluding hydrogens is 372 g/mol. The Balaban J connectivity index is 1.75. The molecule has 8 heteroatoms. The topological polar surface area (TPSA) is 95.2 Å². The van der Waals surface area contributed by atoms with Crippen LogP contribution >= 0.6 is 0 Å². The molecular formula is C21H18N4O4. The Kier molecular flexibility index (Phi) is 4.59. The zero-order chi connectivity index (χ0) is 20.5. The fraction of sp³-hybridized carbons (Fsp3) is 0.143. The van der Waals surface area contributed by atoms with E-state index in [0.29, 0.717) is 11.4 Å². The fourth-order valence-electron chi connectivity index (χ4n) is 3.36. The van der Waals surface area contributed by atoms with Gasteiger partial charge in [-0.05, 0) is 17.5 Å². The molecule has 0 aliphatic heterocycles. The summed E-state index contributed by atoms with van der Waals surface area (Å²) in [4.78, 5) is 42.4. The van der Waals surface area contributed by atoms with Crippen molar-refractivity contribution in [3.05, 3.63) is 75.6 Å². The van der Waals surface area contributed by atoms with Gasteiger partial charge >= 0.3 is 5.69 Å². The van der Waals surface area contributed by atoms with Gasteiger partial charge < -0.3 is 10.1 Å². The van der Waals surface area contributed by atoms with Gasteiger partial charge in [-0.2, -0.15) is 0 Å². The van der Waals surface area contributed by atoms with Gasteiger partial charge in [0, 0.05) is 24.3 Å². The summed E-state index contributed by atoms with van der Waals surface area (Å²) < 4.78 is 7.35. The Bertz CT molecular complexity index is 1370. The van der Waals surface area contributed by atoms with E-state index >= 15 is 0 Å². The van der Waals surface area contributed by atoms with E-state index in [9.17, 15) is 14.4 Å². The minimum absolute atomic E-state index is 0.148. The van der Waals surface area contributed by atoms with Gasteiger partial charge in [-0.25, -0.2) is 14.3 Å². The largest absolute Gasteiger partial charge is 0.496 e. The molecule has 2 aromatic heterocycles. The second kappa shape index (κ2) is 7.23. The maximum absolute atomic E-state index is 12.9. The maximum atomic E-state index is 12.9. The minimum atomic E-state index is -0.628. The number of benzene rings is 2. The second-order valence-corrected chi connectivity index (χ2v) is 6.52. The summed E-state index contributed by atoms with van der Waals surface area (Å²) in [6, 6.07) is 14.7. The molecule has 2 heterocycles. The molecule has 0 aliphatic rings. The third-order valence-corrected chi connectivity index (χ3v) is 4.77. The first kappa shape index (κ1) is 18.4. The quantitative estimate of drug-likeness (QED) is 0.574. The molecule has 0 saturated heterocycles. The summed E-state index contributed by atoms with van der Waals surface area (Å²) >= 11 is 0. The highest BCUT2D eigenvalue weighted by molar-refractivity contribution is 6.02. The second-order valence-electron chi connectivity index (χ2n) is 6.52. The van der Waals surface area contributed by atoms with E-state index in [-0.39, 0.29) is 11.0 Å². The summed E-state index contributed by atoms with van der Waals surface area (Å²) in [5.74, 6) is -0.193. The fourth-order valence-corrected chi connectivity index (χ4v) is 3.36. The number of carbonyl (C=O) groups excluding carboxylic acids is 1. The average molecular weight is 390 g/mol. The van der Waals surface area contributed by atoms with Gasteiger partial charge in [-0.15, -0.1) is 0 Å². The predicted molar refractivity (Wildman–Crippen MR) is 110 cm³/mol. The Morgan fingerprint density at radius 1 is 1.10 bits per heavy atom.